The Morgan fingerprint density at radius 2 is 2.07 bits per heavy atom. The topological polar surface area (TPSA) is 24.1 Å². The Kier molecular flexibility index (Phi) is 12.2. The average molecular weight is 338 g/mol. The standard InChI is InChI=1S/C11H19IN2S/c1-3-13-8-9-14-11(12)7-5-4-6-10-15-2/h4-7,10,13-14H,3,8-9H2,1-2H3/b5-4-,10-6+,11-7+. The summed E-state index contributed by atoms with van der Waals surface area (Å²) in [7, 11) is 0. The fraction of sp³-hybridized carbons (Fsp3) is 0.455. The van der Waals surface area contributed by atoms with E-state index in [4.69, 9.17) is 0 Å². The molecule has 0 radical (unpaired) electrons. The Labute approximate surface area is 111 Å². The number of halogens is 1. The number of likely N-dealkylation sites (N-methyl/N-ethyl adjacent to an activating group) is 1. The molecule has 0 fully saturated rings. The third-order valence-corrected chi connectivity index (χ3v) is 2.70. The molecule has 0 unspecified atom stereocenters. The summed E-state index contributed by atoms with van der Waals surface area (Å²) in [4.78, 5) is 0. The Hall–Kier alpha value is 0.0600. The summed E-state index contributed by atoms with van der Waals surface area (Å²) in [5.41, 5.74) is 0. The van der Waals surface area contributed by atoms with E-state index < -0.39 is 0 Å². The first kappa shape index (κ1) is 15.1. The van der Waals surface area contributed by atoms with Crippen LogP contribution in [0.4, 0.5) is 0 Å². The van der Waals surface area contributed by atoms with Gasteiger partial charge in [-0.2, -0.15) is 0 Å². The highest BCUT2D eigenvalue weighted by Crippen LogP contribution is 2.00. The van der Waals surface area contributed by atoms with E-state index >= 15 is 0 Å². The zero-order valence-electron chi connectivity index (χ0n) is 9.29. The molecular weight excluding hydrogens is 319 g/mol. The number of allylic oxidation sites excluding steroid dienone is 4. The summed E-state index contributed by atoms with van der Waals surface area (Å²) in [5, 5.41) is 8.63. The fourth-order valence-corrected chi connectivity index (χ4v) is 1.56. The predicted octanol–water partition coefficient (Wildman–Crippen LogP) is 2.89. The normalized spacial score (nSPS) is 12.9. The zero-order valence-corrected chi connectivity index (χ0v) is 12.3. The maximum Gasteiger partial charge on any atom is 0.0732 e. The smallest absolute Gasteiger partial charge is 0.0732 e. The van der Waals surface area contributed by atoms with E-state index in [1.807, 2.05) is 24.5 Å². The lowest BCUT2D eigenvalue weighted by Crippen LogP contribution is -2.25. The van der Waals surface area contributed by atoms with E-state index in [0.717, 1.165) is 19.6 Å². The SMILES string of the molecule is CCNCCN/C(I)=C/C=C\C=C\SC. The van der Waals surface area contributed by atoms with Crippen LogP contribution < -0.4 is 10.6 Å². The zero-order chi connectivity index (χ0) is 11.4. The van der Waals surface area contributed by atoms with Crippen LogP contribution in [0.2, 0.25) is 0 Å². The largest absolute Gasteiger partial charge is 0.379 e. The van der Waals surface area contributed by atoms with Crippen LogP contribution in [0.15, 0.2) is 33.4 Å². The molecule has 4 heteroatoms. The first-order valence-electron chi connectivity index (χ1n) is 4.97. The van der Waals surface area contributed by atoms with Gasteiger partial charge in [-0.1, -0.05) is 25.2 Å². The average Bonchev–Trinajstić information content (AvgIpc) is 2.24. The van der Waals surface area contributed by atoms with Gasteiger partial charge in [-0.3, -0.25) is 0 Å². The van der Waals surface area contributed by atoms with Crippen molar-refractivity contribution in [2.24, 2.45) is 0 Å². The molecule has 0 spiro atoms. The molecule has 86 valence electrons. The van der Waals surface area contributed by atoms with Crippen LogP contribution in [0.1, 0.15) is 6.92 Å². The summed E-state index contributed by atoms with van der Waals surface area (Å²) >= 11 is 4.00. The first-order valence-corrected chi connectivity index (χ1v) is 7.34. The quantitative estimate of drug-likeness (QED) is 0.308. The predicted molar refractivity (Wildman–Crippen MR) is 80.4 cm³/mol. The molecule has 2 nitrogen and oxygen atoms in total. The second-order valence-electron chi connectivity index (χ2n) is 2.74. The third kappa shape index (κ3) is 12.0. The summed E-state index contributed by atoms with van der Waals surface area (Å²) in [5.74, 6) is 0. The molecule has 0 aromatic heterocycles. The van der Waals surface area contributed by atoms with Gasteiger partial charge in [0.1, 0.15) is 0 Å². The highest BCUT2D eigenvalue weighted by atomic mass is 127. The Bertz CT molecular complexity index is 225. The molecule has 0 aromatic rings. The molecule has 2 N–H and O–H groups in total. The molecular formula is C11H19IN2S. The van der Waals surface area contributed by atoms with Crippen molar-refractivity contribution in [3.8, 4) is 0 Å². The van der Waals surface area contributed by atoms with Crippen LogP contribution in [-0.2, 0) is 0 Å². The van der Waals surface area contributed by atoms with Crippen molar-refractivity contribution in [2.75, 3.05) is 25.9 Å². The van der Waals surface area contributed by atoms with Crippen molar-refractivity contribution >= 4 is 34.4 Å². The summed E-state index contributed by atoms with van der Waals surface area (Å²) < 4.78 is 1.17. The van der Waals surface area contributed by atoms with E-state index in [0.29, 0.717) is 0 Å². The Balaban J connectivity index is 3.59. The number of rotatable bonds is 8. The van der Waals surface area contributed by atoms with Crippen molar-refractivity contribution < 1.29 is 0 Å². The van der Waals surface area contributed by atoms with Crippen LogP contribution in [-0.4, -0.2) is 25.9 Å². The number of nitrogens with one attached hydrogen (secondary N) is 2. The van der Waals surface area contributed by atoms with E-state index in [9.17, 15) is 0 Å². The lowest BCUT2D eigenvalue weighted by molar-refractivity contribution is 0.685. The van der Waals surface area contributed by atoms with Crippen molar-refractivity contribution in [2.45, 2.75) is 6.92 Å². The van der Waals surface area contributed by atoms with Gasteiger partial charge >= 0.3 is 0 Å². The molecule has 0 aliphatic rings. The molecule has 0 aromatic carbocycles. The van der Waals surface area contributed by atoms with Gasteiger partial charge in [-0.25, -0.2) is 0 Å². The molecule has 0 amide bonds. The second-order valence-corrected chi connectivity index (χ2v) is 4.65. The third-order valence-electron chi connectivity index (χ3n) is 1.53. The van der Waals surface area contributed by atoms with Gasteiger partial charge in [0.05, 0.1) is 3.70 Å². The molecule has 15 heavy (non-hydrogen) atoms. The van der Waals surface area contributed by atoms with E-state index in [2.05, 4.69) is 51.6 Å². The number of thioether (sulfide) groups is 1. The highest BCUT2D eigenvalue weighted by Gasteiger charge is 1.86. The lowest BCUT2D eigenvalue weighted by Gasteiger charge is -2.04. The van der Waals surface area contributed by atoms with Crippen LogP contribution >= 0.6 is 34.4 Å². The summed E-state index contributed by atoms with van der Waals surface area (Å²) in [6, 6.07) is 0. The van der Waals surface area contributed by atoms with E-state index in [-0.39, 0.29) is 0 Å². The number of hydrogen-bond acceptors (Lipinski definition) is 3. The minimum absolute atomic E-state index is 0.969. The maximum atomic E-state index is 3.31. The van der Waals surface area contributed by atoms with Crippen molar-refractivity contribution in [1.82, 2.24) is 10.6 Å². The van der Waals surface area contributed by atoms with E-state index in [1.165, 1.54) is 3.70 Å². The first-order chi connectivity index (χ1) is 7.31. The second kappa shape index (κ2) is 12.1. The minimum Gasteiger partial charge on any atom is -0.379 e. The monoisotopic (exact) mass is 338 g/mol. The van der Waals surface area contributed by atoms with Gasteiger partial charge in [-0.15, -0.1) is 11.8 Å². The van der Waals surface area contributed by atoms with Gasteiger partial charge in [0.2, 0.25) is 0 Å². The van der Waals surface area contributed by atoms with Gasteiger partial charge < -0.3 is 10.6 Å². The maximum absolute atomic E-state index is 3.31. The van der Waals surface area contributed by atoms with Gasteiger partial charge in [0.15, 0.2) is 0 Å². The highest BCUT2D eigenvalue weighted by molar-refractivity contribution is 14.1. The lowest BCUT2D eigenvalue weighted by atomic mass is 10.4. The van der Waals surface area contributed by atoms with Crippen LogP contribution in [0.3, 0.4) is 0 Å². The molecule has 0 heterocycles. The van der Waals surface area contributed by atoms with Crippen molar-refractivity contribution in [3.63, 3.8) is 0 Å². The van der Waals surface area contributed by atoms with Gasteiger partial charge in [0, 0.05) is 13.1 Å². The summed E-state index contributed by atoms with van der Waals surface area (Å²) in [6.45, 7) is 5.12. The molecule has 0 atom stereocenters. The van der Waals surface area contributed by atoms with Crippen molar-refractivity contribution in [1.29, 1.82) is 0 Å². The molecule has 0 aliphatic carbocycles. The number of hydrogen-bond donors (Lipinski definition) is 2. The minimum atomic E-state index is 0.969. The molecule has 0 rings (SSSR count). The summed E-state index contributed by atoms with van der Waals surface area (Å²) in [6.07, 6.45) is 10.2. The molecule has 0 bridgehead atoms. The van der Waals surface area contributed by atoms with E-state index in [1.54, 1.807) is 11.8 Å². The van der Waals surface area contributed by atoms with Crippen LogP contribution in [0, 0.1) is 0 Å². The molecule has 0 saturated carbocycles. The Morgan fingerprint density at radius 1 is 1.27 bits per heavy atom. The Morgan fingerprint density at radius 3 is 2.73 bits per heavy atom. The molecule has 0 saturated heterocycles. The van der Waals surface area contributed by atoms with Crippen molar-refractivity contribution in [3.05, 3.63) is 33.4 Å². The fourth-order valence-electron chi connectivity index (χ4n) is 0.834. The van der Waals surface area contributed by atoms with Gasteiger partial charge in [0.25, 0.3) is 0 Å². The molecule has 0 aliphatic heterocycles. The van der Waals surface area contributed by atoms with Crippen LogP contribution in [0.5, 0.6) is 0 Å². The van der Waals surface area contributed by atoms with Gasteiger partial charge in [-0.05, 0) is 46.9 Å². The van der Waals surface area contributed by atoms with Crippen LogP contribution in [0.25, 0.3) is 0 Å².